The lowest BCUT2D eigenvalue weighted by Gasteiger charge is -2.34. The fourth-order valence-corrected chi connectivity index (χ4v) is 5.59. The predicted molar refractivity (Wildman–Crippen MR) is 113 cm³/mol. The number of amides is 1. The van der Waals surface area contributed by atoms with Crippen LogP contribution in [0.3, 0.4) is 0 Å². The molecular formula is C20H32ClN3O3S. The molecule has 2 heterocycles. The quantitative estimate of drug-likeness (QED) is 0.779. The smallest absolute Gasteiger partial charge is 0.243 e. The lowest BCUT2D eigenvalue weighted by Crippen LogP contribution is -2.47. The summed E-state index contributed by atoms with van der Waals surface area (Å²) in [6, 6.07) is 7.30. The average Bonchev–Trinajstić information content (AvgIpc) is 3.16. The number of hydrogen-bond acceptors (Lipinski definition) is 4. The van der Waals surface area contributed by atoms with Gasteiger partial charge in [0, 0.05) is 38.1 Å². The second-order valence-corrected chi connectivity index (χ2v) is 9.90. The first-order valence-electron chi connectivity index (χ1n) is 9.95. The summed E-state index contributed by atoms with van der Waals surface area (Å²) in [5, 5.41) is 0. The molecule has 1 aromatic carbocycles. The minimum Gasteiger partial charge on any atom is -0.338 e. The highest BCUT2D eigenvalue weighted by Crippen LogP contribution is 2.28. The van der Waals surface area contributed by atoms with Gasteiger partial charge in [-0.05, 0) is 49.3 Å². The summed E-state index contributed by atoms with van der Waals surface area (Å²) >= 11 is 0. The number of sulfonamides is 1. The Hall–Kier alpha value is -1.15. The number of nitrogens with two attached hydrogens (primary N) is 1. The number of halogens is 1. The summed E-state index contributed by atoms with van der Waals surface area (Å²) in [5.41, 5.74) is 6.91. The predicted octanol–water partition coefficient (Wildman–Crippen LogP) is 2.58. The van der Waals surface area contributed by atoms with Crippen molar-refractivity contribution < 1.29 is 13.2 Å². The van der Waals surface area contributed by atoms with E-state index in [4.69, 9.17) is 5.73 Å². The van der Waals surface area contributed by atoms with Crippen LogP contribution in [0, 0.1) is 5.92 Å². The highest BCUT2D eigenvalue weighted by atomic mass is 35.5. The Bertz CT molecular complexity index is 759. The van der Waals surface area contributed by atoms with Crippen LogP contribution in [0.25, 0.3) is 0 Å². The maximum Gasteiger partial charge on any atom is 0.243 e. The van der Waals surface area contributed by atoms with Crippen LogP contribution in [0.2, 0.25) is 0 Å². The van der Waals surface area contributed by atoms with Crippen LogP contribution in [0.1, 0.15) is 51.0 Å². The summed E-state index contributed by atoms with van der Waals surface area (Å²) in [7, 11) is -3.50. The fourth-order valence-electron chi connectivity index (χ4n) is 4.12. The molecule has 0 saturated carbocycles. The molecule has 2 saturated heterocycles. The van der Waals surface area contributed by atoms with Crippen LogP contribution in [-0.2, 0) is 14.8 Å². The Morgan fingerprint density at radius 1 is 1.11 bits per heavy atom. The monoisotopic (exact) mass is 429 g/mol. The van der Waals surface area contributed by atoms with Gasteiger partial charge in [-0.3, -0.25) is 4.79 Å². The molecular weight excluding hydrogens is 398 g/mol. The molecule has 1 atom stereocenters. The number of hydrogen-bond donors (Lipinski definition) is 1. The first kappa shape index (κ1) is 23.1. The van der Waals surface area contributed by atoms with Crippen LogP contribution < -0.4 is 5.73 Å². The van der Waals surface area contributed by atoms with Gasteiger partial charge in [0.05, 0.1) is 4.90 Å². The summed E-state index contributed by atoms with van der Waals surface area (Å²) in [6.45, 7) is 6.24. The normalized spacial score (nSPS) is 21.7. The molecule has 2 aliphatic heterocycles. The SMILES string of the molecule is CC(C)c1ccc(S(=O)(=O)N2CCC(C(=O)N3CCCC3CN)CC2)cc1.Cl. The zero-order valence-electron chi connectivity index (χ0n) is 16.7. The van der Waals surface area contributed by atoms with E-state index in [0.29, 0.717) is 43.3 Å². The maximum absolute atomic E-state index is 12.9. The number of rotatable bonds is 5. The molecule has 28 heavy (non-hydrogen) atoms. The van der Waals surface area contributed by atoms with Crippen LogP contribution in [0.5, 0.6) is 0 Å². The van der Waals surface area contributed by atoms with Gasteiger partial charge in [-0.1, -0.05) is 26.0 Å². The fraction of sp³-hybridized carbons (Fsp3) is 0.650. The molecule has 2 aliphatic rings. The summed E-state index contributed by atoms with van der Waals surface area (Å²) < 4.78 is 27.3. The summed E-state index contributed by atoms with van der Waals surface area (Å²) in [4.78, 5) is 15.0. The van der Waals surface area contributed by atoms with Crippen molar-refractivity contribution in [3.05, 3.63) is 29.8 Å². The molecule has 0 bridgehead atoms. The van der Waals surface area contributed by atoms with Crippen molar-refractivity contribution >= 4 is 28.3 Å². The van der Waals surface area contributed by atoms with Crippen LogP contribution in [0.4, 0.5) is 0 Å². The zero-order valence-corrected chi connectivity index (χ0v) is 18.3. The number of nitrogens with zero attached hydrogens (tertiary/aromatic N) is 2. The second kappa shape index (κ2) is 9.57. The molecule has 8 heteroatoms. The number of carbonyl (C=O) groups excluding carboxylic acids is 1. The molecule has 0 aliphatic carbocycles. The molecule has 1 amide bonds. The van der Waals surface area contributed by atoms with Gasteiger partial charge in [0.25, 0.3) is 0 Å². The Morgan fingerprint density at radius 3 is 2.25 bits per heavy atom. The first-order valence-corrected chi connectivity index (χ1v) is 11.4. The third kappa shape index (κ3) is 4.70. The number of piperidine rings is 1. The van der Waals surface area contributed by atoms with Crippen molar-refractivity contribution in [2.45, 2.75) is 56.4 Å². The summed E-state index contributed by atoms with van der Waals surface area (Å²) in [5.74, 6) is 0.430. The van der Waals surface area contributed by atoms with E-state index < -0.39 is 10.0 Å². The molecule has 1 aromatic rings. The average molecular weight is 430 g/mol. The van der Waals surface area contributed by atoms with Crippen molar-refractivity contribution in [1.29, 1.82) is 0 Å². The minimum atomic E-state index is -3.50. The minimum absolute atomic E-state index is 0. The molecule has 0 aromatic heterocycles. The van der Waals surface area contributed by atoms with E-state index in [-0.39, 0.29) is 30.3 Å². The molecule has 3 rings (SSSR count). The molecule has 2 fully saturated rings. The lowest BCUT2D eigenvalue weighted by atomic mass is 9.96. The Balaban J connectivity index is 0.00000280. The van der Waals surface area contributed by atoms with Gasteiger partial charge in [-0.2, -0.15) is 4.31 Å². The lowest BCUT2D eigenvalue weighted by molar-refractivity contribution is -0.137. The Kier molecular flexibility index (Phi) is 7.90. The van der Waals surface area contributed by atoms with Gasteiger partial charge in [0.2, 0.25) is 15.9 Å². The van der Waals surface area contributed by atoms with Gasteiger partial charge in [-0.15, -0.1) is 12.4 Å². The van der Waals surface area contributed by atoms with E-state index in [0.717, 1.165) is 24.9 Å². The van der Waals surface area contributed by atoms with Crippen LogP contribution in [-0.4, -0.2) is 55.8 Å². The van der Waals surface area contributed by atoms with Crippen molar-refractivity contribution in [3.8, 4) is 0 Å². The molecule has 158 valence electrons. The van der Waals surface area contributed by atoms with Crippen molar-refractivity contribution in [2.24, 2.45) is 11.7 Å². The third-order valence-electron chi connectivity index (χ3n) is 5.92. The third-order valence-corrected chi connectivity index (χ3v) is 7.83. The van der Waals surface area contributed by atoms with E-state index in [1.807, 2.05) is 17.0 Å². The van der Waals surface area contributed by atoms with Gasteiger partial charge >= 0.3 is 0 Å². The van der Waals surface area contributed by atoms with Gasteiger partial charge in [0.1, 0.15) is 0 Å². The zero-order chi connectivity index (χ0) is 19.6. The van der Waals surface area contributed by atoms with E-state index in [1.54, 1.807) is 12.1 Å². The van der Waals surface area contributed by atoms with E-state index in [1.165, 1.54) is 4.31 Å². The van der Waals surface area contributed by atoms with Crippen molar-refractivity contribution in [2.75, 3.05) is 26.2 Å². The number of benzene rings is 1. The molecule has 2 N–H and O–H groups in total. The molecule has 0 radical (unpaired) electrons. The summed E-state index contributed by atoms with van der Waals surface area (Å²) in [6.07, 6.45) is 3.14. The van der Waals surface area contributed by atoms with E-state index in [2.05, 4.69) is 13.8 Å². The number of likely N-dealkylation sites (tertiary alicyclic amines) is 1. The van der Waals surface area contributed by atoms with Gasteiger partial charge < -0.3 is 10.6 Å². The Morgan fingerprint density at radius 2 is 1.71 bits per heavy atom. The molecule has 0 spiro atoms. The van der Waals surface area contributed by atoms with Gasteiger partial charge in [-0.25, -0.2) is 8.42 Å². The highest BCUT2D eigenvalue weighted by Gasteiger charge is 2.36. The largest absolute Gasteiger partial charge is 0.338 e. The van der Waals surface area contributed by atoms with E-state index in [9.17, 15) is 13.2 Å². The Labute approximate surface area is 174 Å². The highest BCUT2D eigenvalue weighted by molar-refractivity contribution is 7.89. The van der Waals surface area contributed by atoms with Crippen LogP contribution >= 0.6 is 12.4 Å². The van der Waals surface area contributed by atoms with Crippen LogP contribution in [0.15, 0.2) is 29.2 Å². The second-order valence-electron chi connectivity index (χ2n) is 7.97. The maximum atomic E-state index is 12.9. The standard InChI is InChI=1S/C20H31N3O3S.ClH/c1-15(2)16-5-7-19(8-6-16)27(25,26)22-12-9-17(10-13-22)20(24)23-11-3-4-18(23)14-21;/h5-8,15,17-18H,3-4,9-14,21H2,1-2H3;1H. The first-order chi connectivity index (χ1) is 12.8. The molecule has 1 unspecified atom stereocenters. The number of carbonyl (C=O) groups is 1. The van der Waals surface area contributed by atoms with Crippen molar-refractivity contribution in [3.63, 3.8) is 0 Å². The topological polar surface area (TPSA) is 83.7 Å². The molecule has 6 nitrogen and oxygen atoms in total. The van der Waals surface area contributed by atoms with Gasteiger partial charge in [0.15, 0.2) is 0 Å². The van der Waals surface area contributed by atoms with E-state index >= 15 is 0 Å². The van der Waals surface area contributed by atoms with Crippen molar-refractivity contribution in [1.82, 2.24) is 9.21 Å².